The molecule has 2 aromatic carbocycles. The first kappa shape index (κ1) is 25.6. The van der Waals surface area contributed by atoms with Crippen molar-refractivity contribution in [3.8, 4) is 0 Å². The van der Waals surface area contributed by atoms with Crippen LogP contribution in [0.3, 0.4) is 0 Å². The highest BCUT2D eigenvalue weighted by Crippen LogP contribution is 2.48. The van der Waals surface area contributed by atoms with Crippen LogP contribution in [-0.2, 0) is 0 Å². The van der Waals surface area contributed by atoms with Gasteiger partial charge in [0.25, 0.3) is 0 Å². The first-order valence-corrected chi connectivity index (χ1v) is 13.8. The molecule has 3 unspecified atom stereocenters. The van der Waals surface area contributed by atoms with Crippen molar-refractivity contribution in [3.05, 3.63) is 95.1 Å². The molecule has 1 saturated carbocycles. The lowest BCUT2D eigenvalue weighted by Crippen LogP contribution is -2.10. The van der Waals surface area contributed by atoms with E-state index in [2.05, 4.69) is 132 Å². The van der Waals surface area contributed by atoms with Crippen LogP contribution >= 0.6 is 11.8 Å². The molecule has 0 aliphatic heterocycles. The molecule has 4 atom stereocenters. The molecule has 2 bridgehead atoms. The second kappa shape index (κ2) is 11.9. The zero-order valence-electron chi connectivity index (χ0n) is 21.6. The highest BCUT2D eigenvalue weighted by Gasteiger charge is 2.41. The minimum absolute atomic E-state index is 0.683. The van der Waals surface area contributed by atoms with E-state index in [9.17, 15) is 0 Å². The smallest absolute Gasteiger partial charge is 0.0172 e. The number of fused-ring (bicyclic) bond motifs is 2. The van der Waals surface area contributed by atoms with E-state index < -0.39 is 0 Å². The lowest BCUT2D eigenvalue weighted by Gasteiger charge is -2.13. The maximum atomic E-state index is 2.43. The van der Waals surface area contributed by atoms with Crippen molar-refractivity contribution in [3.63, 3.8) is 0 Å². The van der Waals surface area contributed by atoms with Crippen molar-refractivity contribution in [2.75, 3.05) is 6.26 Å². The van der Waals surface area contributed by atoms with Gasteiger partial charge in [-0.05, 0) is 85.8 Å². The summed E-state index contributed by atoms with van der Waals surface area (Å²) in [4.78, 5) is 0. The van der Waals surface area contributed by atoms with Gasteiger partial charge < -0.3 is 0 Å². The quantitative estimate of drug-likeness (QED) is 0.236. The molecule has 1 heteroatoms. The highest BCUT2D eigenvalue weighted by molar-refractivity contribution is 7.99. The van der Waals surface area contributed by atoms with Crippen molar-refractivity contribution in [2.45, 2.75) is 59.6 Å². The molecule has 33 heavy (non-hydrogen) atoms. The second-order valence-electron chi connectivity index (χ2n) is 10.4. The fraction of sp³-hybridized carbons (Fsp3) is 0.438. The molecule has 2 aliphatic carbocycles. The summed E-state index contributed by atoms with van der Waals surface area (Å²) in [6.45, 7) is 13.5. The van der Waals surface area contributed by atoms with Gasteiger partial charge in [-0.3, -0.25) is 0 Å². The third-order valence-electron chi connectivity index (χ3n) is 7.05. The number of rotatable bonds is 6. The van der Waals surface area contributed by atoms with Gasteiger partial charge in [-0.2, -0.15) is 11.8 Å². The minimum atomic E-state index is 0.683. The van der Waals surface area contributed by atoms with Crippen molar-refractivity contribution in [1.29, 1.82) is 0 Å². The van der Waals surface area contributed by atoms with Crippen molar-refractivity contribution >= 4 is 22.9 Å². The first-order valence-electron chi connectivity index (χ1n) is 12.5. The summed E-state index contributed by atoms with van der Waals surface area (Å²) >= 11 is 2.05. The zero-order valence-corrected chi connectivity index (χ0v) is 22.5. The Labute approximate surface area is 207 Å². The van der Waals surface area contributed by atoms with E-state index in [4.69, 9.17) is 0 Å². The van der Waals surface area contributed by atoms with E-state index >= 15 is 0 Å². The van der Waals surface area contributed by atoms with Gasteiger partial charge in [-0.1, -0.05) is 105 Å². The molecule has 2 aliphatic rings. The van der Waals surface area contributed by atoms with E-state index in [0.717, 1.165) is 29.4 Å². The SMILES string of the molecule is C/C(=C(\C=C(/C)CC(C)C)c1ccccc1)c1ccc(C)cc1.CS[C@H]1C2C=CC1C(C)C2. The van der Waals surface area contributed by atoms with Crippen molar-refractivity contribution in [2.24, 2.45) is 23.7 Å². The van der Waals surface area contributed by atoms with Gasteiger partial charge in [0.05, 0.1) is 0 Å². The van der Waals surface area contributed by atoms with Crippen LogP contribution in [0.1, 0.15) is 64.2 Å². The average molecular weight is 459 g/mol. The predicted octanol–water partition coefficient (Wildman–Crippen LogP) is 9.48. The molecule has 4 rings (SSSR count). The van der Waals surface area contributed by atoms with Crippen molar-refractivity contribution < 1.29 is 0 Å². The molecule has 0 N–H and O–H groups in total. The van der Waals surface area contributed by atoms with E-state index in [1.807, 2.05) is 0 Å². The van der Waals surface area contributed by atoms with Gasteiger partial charge >= 0.3 is 0 Å². The Bertz CT molecular complexity index is 975. The lowest BCUT2D eigenvalue weighted by molar-refractivity contribution is 0.495. The Kier molecular flexibility index (Phi) is 9.27. The van der Waals surface area contributed by atoms with Crippen LogP contribution in [0.2, 0.25) is 0 Å². The van der Waals surface area contributed by atoms with Crippen molar-refractivity contribution in [1.82, 2.24) is 0 Å². The molecule has 176 valence electrons. The standard InChI is InChI=1S/C23H28.C9H14S/c1-17(2)15-19(4)16-23(22-9-7-6-8-10-22)20(5)21-13-11-18(3)12-14-21;1-6-5-7-3-4-8(6)9(7)10-2/h6-14,16-17H,15H2,1-5H3;3-4,6-9H,5H2,1-2H3/b19-16+,23-20-;/t;6?,7?,8?,9-/m.0/s1. The summed E-state index contributed by atoms with van der Waals surface area (Å²) in [6.07, 6.45) is 12.0. The Morgan fingerprint density at radius 2 is 1.64 bits per heavy atom. The summed E-state index contributed by atoms with van der Waals surface area (Å²) in [6, 6.07) is 19.5. The van der Waals surface area contributed by atoms with Crippen LogP contribution in [0, 0.1) is 30.6 Å². The molecular weight excluding hydrogens is 416 g/mol. The molecule has 1 fully saturated rings. The van der Waals surface area contributed by atoms with Crippen LogP contribution in [0.15, 0.2) is 78.4 Å². The molecule has 0 aromatic heterocycles. The molecule has 0 heterocycles. The van der Waals surface area contributed by atoms with Crippen LogP contribution in [0.25, 0.3) is 11.1 Å². The third kappa shape index (κ3) is 6.76. The van der Waals surface area contributed by atoms with Crippen LogP contribution in [-0.4, -0.2) is 11.5 Å². The molecule has 0 nitrogen and oxygen atoms in total. The first-order chi connectivity index (χ1) is 15.8. The average Bonchev–Trinajstić information content (AvgIpc) is 3.34. The fourth-order valence-corrected chi connectivity index (χ4v) is 6.58. The molecule has 2 aromatic rings. The van der Waals surface area contributed by atoms with Gasteiger partial charge in [0, 0.05) is 5.25 Å². The van der Waals surface area contributed by atoms with Crippen LogP contribution < -0.4 is 0 Å². The Morgan fingerprint density at radius 1 is 0.970 bits per heavy atom. The summed E-state index contributed by atoms with van der Waals surface area (Å²) < 4.78 is 0. The predicted molar refractivity (Wildman–Crippen MR) is 151 cm³/mol. The number of thioether (sulfide) groups is 1. The van der Waals surface area contributed by atoms with E-state index in [-0.39, 0.29) is 0 Å². The van der Waals surface area contributed by atoms with E-state index in [1.165, 1.54) is 39.8 Å². The summed E-state index contributed by atoms with van der Waals surface area (Å²) in [5.41, 5.74) is 7.98. The summed E-state index contributed by atoms with van der Waals surface area (Å²) in [5, 5.41) is 0.926. The van der Waals surface area contributed by atoms with Gasteiger partial charge in [0.15, 0.2) is 0 Å². The number of allylic oxidation sites excluding steroid dienone is 6. The van der Waals surface area contributed by atoms with E-state index in [0.29, 0.717) is 5.92 Å². The minimum Gasteiger partial charge on any atom is -0.161 e. The number of hydrogen-bond donors (Lipinski definition) is 0. The van der Waals surface area contributed by atoms with E-state index in [1.54, 1.807) is 0 Å². The molecule has 0 amide bonds. The number of aryl methyl sites for hydroxylation is 1. The maximum absolute atomic E-state index is 2.43. The second-order valence-corrected chi connectivity index (χ2v) is 11.4. The molecular formula is C32H42S. The van der Waals surface area contributed by atoms with Gasteiger partial charge in [0.2, 0.25) is 0 Å². The molecule has 0 radical (unpaired) electrons. The Morgan fingerprint density at radius 3 is 2.12 bits per heavy atom. The highest BCUT2D eigenvalue weighted by atomic mass is 32.2. The Hall–Kier alpha value is -1.99. The Balaban J connectivity index is 0.000000252. The normalized spacial score (nSPS) is 24.5. The van der Waals surface area contributed by atoms with Crippen LogP contribution in [0.4, 0.5) is 0 Å². The largest absolute Gasteiger partial charge is 0.161 e. The topological polar surface area (TPSA) is 0 Å². The molecule has 0 saturated heterocycles. The van der Waals surface area contributed by atoms with Gasteiger partial charge in [-0.15, -0.1) is 0 Å². The summed E-state index contributed by atoms with van der Waals surface area (Å²) in [7, 11) is 0. The fourth-order valence-electron chi connectivity index (χ4n) is 5.35. The van der Waals surface area contributed by atoms with Gasteiger partial charge in [0.1, 0.15) is 0 Å². The maximum Gasteiger partial charge on any atom is 0.0172 e. The number of hydrogen-bond acceptors (Lipinski definition) is 1. The number of benzene rings is 2. The third-order valence-corrected chi connectivity index (χ3v) is 8.26. The lowest BCUT2D eigenvalue weighted by atomic mass is 9.92. The van der Waals surface area contributed by atoms with Crippen LogP contribution in [0.5, 0.6) is 0 Å². The zero-order chi connectivity index (χ0) is 24.0. The van der Waals surface area contributed by atoms with Gasteiger partial charge in [-0.25, -0.2) is 0 Å². The summed E-state index contributed by atoms with van der Waals surface area (Å²) in [5.74, 6) is 3.45. The monoisotopic (exact) mass is 458 g/mol. The molecule has 0 spiro atoms.